The maximum atomic E-state index is 12.2. The smallest absolute Gasteiger partial charge is 0.349 e. The molecule has 0 N–H and O–H groups in total. The summed E-state index contributed by atoms with van der Waals surface area (Å²) >= 11 is 0. The third-order valence-corrected chi connectivity index (χ3v) is 4.52. The van der Waals surface area contributed by atoms with E-state index >= 15 is 0 Å². The number of nitrogens with zero attached hydrogens (tertiary/aromatic N) is 1. The van der Waals surface area contributed by atoms with Crippen LogP contribution in [-0.2, 0) is 9.53 Å². The van der Waals surface area contributed by atoms with Gasteiger partial charge in [0.15, 0.2) is 12.4 Å². The van der Waals surface area contributed by atoms with E-state index in [9.17, 15) is 14.9 Å². The fourth-order valence-electron chi connectivity index (χ4n) is 2.53. The van der Waals surface area contributed by atoms with Crippen molar-refractivity contribution in [3.05, 3.63) is 70.8 Å². The lowest BCUT2D eigenvalue weighted by Crippen LogP contribution is -2.15. The van der Waals surface area contributed by atoms with Gasteiger partial charge in [-0.2, -0.15) is 5.26 Å². The average molecular weight is 377 g/mol. The highest BCUT2D eigenvalue weighted by Gasteiger charge is 2.15. The lowest BCUT2D eigenvalue weighted by molar-refractivity contribution is -0.137. The summed E-state index contributed by atoms with van der Waals surface area (Å²) in [7, 11) is 1.55. The van der Waals surface area contributed by atoms with Gasteiger partial charge in [-0.05, 0) is 41.7 Å². The zero-order valence-corrected chi connectivity index (χ0v) is 16.3. The molecule has 5 nitrogen and oxygen atoms in total. The Balaban J connectivity index is 1.99. The van der Waals surface area contributed by atoms with Crippen molar-refractivity contribution in [1.82, 2.24) is 0 Å². The second kappa shape index (κ2) is 10.1. The Bertz CT molecular complexity index is 890. The predicted octanol–water partition coefficient (Wildman–Crippen LogP) is 4.54. The number of benzene rings is 2. The van der Waals surface area contributed by atoms with Crippen molar-refractivity contribution in [2.24, 2.45) is 0 Å². The highest BCUT2D eigenvalue weighted by Crippen LogP contribution is 2.19. The molecule has 0 unspecified atom stereocenters. The summed E-state index contributed by atoms with van der Waals surface area (Å²) in [4.78, 5) is 24.4. The van der Waals surface area contributed by atoms with E-state index in [1.807, 2.05) is 18.2 Å². The summed E-state index contributed by atoms with van der Waals surface area (Å²) < 4.78 is 10.1. The lowest BCUT2D eigenvalue weighted by Gasteiger charge is -2.09. The van der Waals surface area contributed by atoms with Gasteiger partial charge in [0.05, 0.1) is 7.11 Å². The van der Waals surface area contributed by atoms with Gasteiger partial charge in [0, 0.05) is 5.56 Å². The molecule has 2 aromatic carbocycles. The number of nitriles is 1. The minimum Gasteiger partial charge on any atom is -0.497 e. The first-order valence-electron chi connectivity index (χ1n) is 9.04. The molecule has 0 aliphatic heterocycles. The standard InChI is InChI=1S/C23H23NO4/c1-4-16(2)18-7-9-19(10-8-18)22(25)15-28-23(26)20(14-24)13-17-5-11-21(27-3)12-6-17/h5-13,16H,4,15H2,1-3H3/b20-13+/t16-/m0/s1. The topological polar surface area (TPSA) is 76.4 Å². The number of ether oxygens (including phenoxy) is 2. The molecule has 0 spiro atoms. The molecule has 0 radical (unpaired) electrons. The molecule has 144 valence electrons. The van der Waals surface area contributed by atoms with Crippen molar-refractivity contribution in [2.75, 3.05) is 13.7 Å². The van der Waals surface area contributed by atoms with E-state index in [4.69, 9.17) is 9.47 Å². The first-order chi connectivity index (χ1) is 13.5. The molecule has 0 fully saturated rings. The van der Waals surface area contributed by atoms with E-state index in [2.05, 4.69) is 13.8 Å². The number of methoxy groups -OCH3 is 1. The Kier molecular flexibility index (Phi) is 7.53. The second-order valence-corrected chi connectivity index (χ2v) is 6.37. The van der Waals surface area contributed by atoms with E-state index in [0.29, 0.717) is 22.8 Å². The number of hydrogen-bond acceptors (Lipinski definition) is 5. The second-order valence-electron chi connectivity index (χ2n) is 6.37. The Morgan fingerprint density at radius 1 is 1.11 bits per heavy atom. The molecule has 5 heteroatoms. The van der Waals surface area contributed by atoms with Gasteiger partial charge in [-0.3, -0.25) is 4.79 Å². The molecule has 0 saturated heterocycles. The van der Waals surface area contributed by atoms with Gasteiger partial charge in [0.25, 0.3) is 0 Å². The average Bonchev–Trinajstić information content (AvgIpc) is 2.75. The maximum absolute atomic E-state index is 12.2. The number of esters is 1. The van der Waals surface area contributed by atoms with Gasteiger partial charge >= 0.3 is 5.97 Å². The Labute approximate surface area is 165 Å². The summed E-state index contributed by atoms with van der Waals surface area (Å²) in [5.41, 5.74) is 2.11. The van der Waals surface area contributed by atoms with E-state index < -0.39 is 12.6 Å². The van der Waals surface area contributed by atoms with Crippen molar-refractivity contribution >= 4 is 17.8 Å². The van der Waals surface area contributed by atoms with Gasteiger partial charge in [0.1, 0.15) is 17.4 Å². The number of rotatable bonds is 8. The SMILES string of the molecule is CC[C@H](C)c1ccc(C(=O)COC(=O)/C(C#N)=C/c2ccc(OC)cc2)cc1. The first-order valence-corrected chi connectivity index (χ1v) is 9.04. The summed E-state index contributed by atoms with van der Waals surface area (Å²) in [6.45, 7) is 3.82. The van der Waals surface area contributed by atoms with Crippen LogP contribution in [0, 0.1) is 11.3 Å². The van der Waals surface area contributed by atoms with E-state index in [-0.39, 0.29) is 11.4 Å². The largest absolute Gasteiger partial charge is 0.497 e. The predicted molar refractivity (Wildman–Crippen MR) is 107 cm³/mol. The van der Waals surface area contributed by atoms with Gasteiger partial charge in [-0.15, -0.1) is 0 Å². The fourth-order valence-corrected chi connectivity index (χ4v) is 2.53. The fraction of sp³-hybridized carbons (Fsp3) is 0.261. The summed E-state index contributed by atoms with van der Waals surface area (Å²) in [5, 5.41) is 9.22. The highest BCUT2D eigenvalue weighted by molar-refractivity contribution is 6.01. The van der Waals surface area contributed by atoms with Crippen LogP contribution < -0.4 is 4.74 Å². The third kappa shape index (κ3) is 5.55. The van der Waals surface area contributed by atoms with Crippen LogP contribution in [0.1, 0.15) is 47.7 Å². The van der Waals surface area contributed by atoms with Crippen LogP contribution >= 0.6 is 0 Å². The van der Waals surface area contributed by atoms with Crippen LogP contribution in [-0.4, -0.2) is 25.5 Å². The molecule has 0 amide bonds. The molecule has 0 aliphatic rings. The number of carbonyl (C=O) groups is 2. The van der Waals surface area contributed by atoms with Crippen LogP contribution in [0.4, 0.5) is 0 Å². The lowest BCUT2D eigenvalue weighted by atomic mass is 9.97. The highest BCUT2D eigenvalue weighted by atomic mass is 16.5. The number of Topliss-reactive ketones (excluding diaryl/α,β-unsaturated/α-hetero) is 1. The maximum Gasteiger partial charge on any atom is 0.349 e. The zero-order valence-electron chi connectivity index (χ0n) is 16.3. The Morgan fingerprint density at radius 2 is 1.75 bits per heavy atom. The van der Waals surface area contributed by atoms with Crippen molar-refractivity contribution in [2.45, 2.75) is 26.2 Å². The van der Waals surface area contributed by atoms with Crippen molar-refractivity contribution in [3.63, 3.8) is 0 Å². The molecule has 0 bridgehead atoms. The Hall–Kier alpha value is -3.39. The van der Waals surface area contributed by atoms with Crippen LogP contribution in [0.3, 0.4) is 0 Å². The van der Waals surface area contributed by atoms with E-state index in [1.165, 1.54) is 6.08 Å². The van der Waals surface area contributed by atoms with Crippen molar-refractivity contribution in [3.8, 4) is 11.8 Å². The van der Waals surface area contributed by atoms with Gasteiger partial charge in [0.2, 0.25) is 0 Å². The van der Waals surface area contributed by atoms with Crippen molar-refractivity contribution in [1.29, 1.82) is 5.26 Å². The van der Waals surface area contributed by atoms with Crippen molar-refractivity contribution < 1.29 is 19.1 Å². The molecule has 0 saturated carbocycles. The first kappa shape index (κ1) is 20.9. The summed E-state index contributed by atoms with van der Waals surface area (Å²) in [6, 6.07) is 16.0. The van der Waals surface area contributed by atoms with Crippen LogP contribution in [0.5, 0.6) is 5.75 Å². The molecular formula is C23H23NO4. The number of ketones is 1. The minimum atomic E-state index is -0.831. The van der Waals surface area contributed by atoms with E-state index in [0.717, 1.165) is 12.0 Å². The van der Waals surface area contributed by atoms with E-state index in [1.54, 1.807) is 43.5 Å². The molecule has 0 heterocycles. The minimum absolute atomic E-state index is 0.176. The normalized spacial score (nSPS) is 12.0. The molecule has 0 aromatic heterocycles. The van der Waals surface area contributed by atoms with Crippen LogP contribution in [0.15, 0.2) is 54.1 Å². The van der Waals surface area contributed by atoms with Crippen LogP contribution in [0.2, 0.25) is 0 Å². The Morgan fingerprint density at radius 3 is 2.29 bits per heavy atom. The summed E-state index contributed by atoms with van der Waals surface area (Å²) in [6.07, 6.45) is 2.43. The summed E-state index contributed by atoms with van der Waals surface area (Å²) in [5.74, 6) is -0.0554. The molecule has 2 rings (SSSR count). The number of carbonyl (C=O) groups excluding carboxylic acids is 2. The molecule has 1 atom stereocenters. The molecular weight excluding hydrogens is 354 g/mol. The monoisotopic (exact) mass is 377 g/mol. The zero-order chi connectivity index (χ0) is 20.5. The van der Waals surface area contributed by atoms with Gasteiger partial charge < -0.3 is 9.47 Å². The van der Waals surface area contributed by atoms with Crippen LogP contribution in [0.25, 0.3) is 6.08 Å². The molecule has 2 aromatic rings. The van der Waals surface area contributed by atoms with Gasteiger partial charge in [-0.25, -0.2) is 4.79 Å². The molecule has 0 aliphatic carbocycles. The molecule has 28 heavy (non-hydrogen) atoms. The third-order valence-electron chi connectivity index (χ3n) is 4.52. The quantitative estimate of drug-likeness (QED) is 0.292. The number of hydrogen-bond donors (Lipinski definition) is 0. The van der Waals surface area contributed by atoms with Gasteiger partial charge in [-0.1, -0.05) is 50.2 Å².